The largest absolute Gasteiger partial charge is 0.508 e. The summed E-state index contributed by atoms with van der Waals surface area (Å²) in [5.41, 5.74) is 0.167. The molecule has 0 aliphatic carbocycles. The molecule has 2 amide bonds. The number of nitrogens with zero attached hydrogens (tertiary/aromatic N) is 3. The molecule has 0 spiro atoms. The topological polar surface area (TPSA) is 117 Å². The minimum Gasteiger partial charge on any atom is -0.508 e. The second-order valence-electron chi connectivity index (χ2n) is 6.74. The number of rotatable bonds is 2. The number of carbonyl (C=O) groups is 2. The molecule has 2 bridgehead atoms. The lowest BCUT2D eigenvalue weighted by Crippen LogP contribution is -2.46. The molecule has 136 valence electrons. The molecule has 2 fully saturated rings. The summed E-state index contributed by atoms with van der Waals surface area (Å²) in [6.45, 7) is 3.09. The van der Waals surface area contributed by atoms with E-state index in [1.165, 1.54) is 6.26 Å². The Kier molecular flexibility index (Phi) is 3.78. The van der Waals surface area contributed by atoms with E-state index in [-0.39, 0.29) is 29.4 Å². The first-order chi connectivity index (χ1) is 12.4. The number of piperidine rings is 1. The highest BCUT2D eigenvalue weighted by molar-refractivity contribution is 5.95. The van der Waals surface area contributed by atoms with Crippen molar-refractivity contribution in [2.24, 2.45) is 5.92 Å². The van der Waals surface area contributed by atoms with Gasteiger partial charge in [-0.1, -0.05) is 5.16 Å². The summed E-state index contributed by atoms with van der Waals surface area (Å²) in [4.78, 5) is 40.1. The Bertz CT molecular complexity index is 933. The quantitative estimate of drug-likeness (QED) is 0.835. The third kappa shape index (κ3) is 2.75. The van der Waals surface area contributed by atoms with Crippen molar-refractivity contribution in [1.82, 2.24) is 15.0 Å². The molecule has 1 N–H and O–H groups in total. The molecule has 0 saturated carbocycles. The van der Waals surface area contributed by atoms with Crippen LogP contribution in [0.4, 0.5) is 0 Å². The molecule has 2 aromatic heterocycles. The van der Waals surface area contributed by atoms with Crippen LogP contribution >= 0.6 is 0 Å². The van der Waals surface area contributed by atoms with Gasteiger partial charge in [-0.3, -0.25) is 9.59 Å². The molecule has 2 aromatic rings. The average molecular weight is 359 g/mol. The van der Waals surface area contributed by atoms with Gasteiger partial charge in [0.25, 0.3) is 11.8 Å². The Hall–Kier alpha value is -3.10. The predicted octanol–water partition coefficient (Wildman–Crippen LogP) is 0.629. The van der Waals surface area contributed by atoms with Crippen molar-refractivity contribution in [3.8, 4) is 5.75 Å². The maximum atomic E-state index is 12.7. The van der Waals surface area contributed by atoms with Crippen LogP contribution in [0.1, 0.15) is 33.0 Å². The Morgan fingerprint density at radius 3 is 2.73 bits per heavy atom. The molecule has 2 unspecified atom stereocenters. The van der Waals surface area contributed by atoms with E-state index in [0.29, 0.717) is 30.9 Å². The predicted molar refractivity (Wildman–Crippen MR) is 86.7 cm³/mol. The molecule has 4 rings (SSSR count). The van der Waals surface area contributed by atoms with E-state index < -0.39 is 11.5 Å². The molecule has 2 aliphatic rings. The number of fused-ring (bicyclic) bond motifs is 2. The first kappa shape index (κ1) is 16.4. The maximum Gasteiger partial charge on any atom is 0.340 e. The van der Waals surface area contributed by atoms with Gasteiger partial charge >= 0.3 is 5.63 Å². The van der Waals surface area contributed by atoms with Crippen LogP contribution in [0.5, 0.6) is 5.75 Å². The van der Waals surface area contributed by atoms with Crippen molar-refractivity contribution >= 4 is 11.8 Å². The van der Waals surface area contributed by atoms with Gasteiger partial charge in [-0.05, 0) is 19.3 Å². The fourth-order valence-corrected chi connectivity index (χ4v) is 3.75. The van der Waals surface area contributed by atoms with E-state index in [1.54, 1.807) is 16.7 Å². The summed E-state index contributed by atoms with van der Waals surface area (Å²) >= 11 is 0. The lowest BCUT2D eigenvalue weighted by molar-refractivity contribution is 0.0602. The van der Waals surface area contributed by atoms with Crippen molar-refractivity contribution in [3.63, 3.8) is 0 Å². The molecule has 2 saturated heterocycles. The van der Waals surface area contributed by atoms with E-state index >= 15 is 0 Å². The van der Waals surface area contributed by atoms with Gasteiger partial charge in [-0.2, -0.15) is 0 Å². The van der Waals surface area contributed by atoms with Gasteiger partial charge in [0.2, 0.25) is 0 Å². The van der Waals surface area contributed by atoms with Gasteiger partial charge in [0, 0.05) is 25.7 Å². The lowest BCUT2D eigenvalue weighted by Gasteiger charge is -2.32. The molecule has 0 aromatic carbocycles. The zero-order valence-corrected chi connectivity index (χ0v) is 14.0. The third-order valence-electron chi connectivity index (χ3n) is 4.91. The van der Waals surface area contributed by atoms with E-state index in [4.69, 9.17) is 8.94 Å². The Labute approximate surface area is 147 Å². The molecule has 26 heavy (non-hydrogen) atoms. The average Bonchev–Trinajstić information content (AvgIpc) is 3.15. The first-order valence-corrected chi connectivity index (χ1v) is 8.27. The van der Waals surface area contributed by atoms with E-state index in [9.17, 15) is 19.5 Å². The number of hydrogen-bond acceptors (Lipinski definition) is 7. The summed E-state index contributed by atoms with van der Waals surface area (Å²) in [5.74, 6) is -0.995. The van der Waals surface area contributed by atoms with Crippen LogP contribution in [0, 0.1) is 12.8 Å². The van der Waals surface area contributed by atoms with Gasteiger partial charge < -0.3 is 23.8 Å². The zero-order valence-electron chi connectivity index (χ0n) is 14.0. The highest BCUT2D eigenvalue weighted by Crippen LogP contribution is 2.32. The van der Waals surface area contributed by atoms with Gasteiger partial charge in [0.1, 0.15) is 17.6 Å². The van der Waals surface area contributed by atoms with Crippen molar-refractivity contribution in [3.05, 3.63) is 45.8 Å². The fraction of sp³-hybridized carbons (Fsp3) is 0.412. The number of aromatic nitrogens is 1. The number of aromatic hydroxyl groups is 1. The molecule has 4 heterocycles. The normalized spacial score (nSPS) is 21.9. The third-order valence-corrected chi connectivity index (χ3v) is 4.91. The zero-order chi connectivity index (χ0) is 18.4. The Morgan fingerprint density at radius 2 is 2.04 bits per heavy atom. The minimum absolute atomic E-state index is 0.144. The van der Waals surface area contributed by atoms with Gasteiger partial charge in [0.15, 0.2) is 5.76 Å². The summed E-state index contributed by atoms with van der Waals surface area (Å²) in [6, 6.07) is 1.87. The van der Waals surface area contributed by atoms with Crippen LogP contribution in [0.3, 0.4) is 0 Å². The molecular formula is C17H17N3O6. The monoisotopic (exact) mass is 359 g/mol. The summed E-state index contributed by atoms with van der Waals surface area (Å²) in [5, 5.41) is 13.3. The SMILES string of the molecule is Cc1nocc1C(=O)N1CC2CC(C1)N(C(=O)c1cc(O)cc(=O)o1)C2. The highest BCUT2D eigenvalue weighted by Gasteiger charge is 2.43. The second kappa shape index (κ2) is 6.01. The molecule has 9 nitrogen and oxygen atoms in total. The molecule has 9 heteroatoms. The van der Waals surface area contributed by atoms with Crippen LogP contribution in [0.25, 0.3) is 0 Å². The smallest absolute Gasteiger partial charge is 0.340 e. The van der Waals surface area contributed by atoms with Gasteiger partial charge in [0.05, 0.1) is 17.8 Å². The molecule has 0 radical (unpaired) electrons. The fourth-order valence-electron chi connectivity index (χ4n) is 3.75. The van der Waals surface area contributed by atoms with Crippen LogP contribution < -0.4 is 5.63 Å². The molecule has 2 aliphatic heterocycles. The van der Waals surface area contributed by atoms with Crippen molar-refractivity contribution < 1.29 is 23.6 Å². The lowest BCUT2D eigenvalue weighted by atomic mass is 9.99. The number of hydrogen-bond donors (Lipinski definition) is 1. The Balaban J connectivity index is 1.54. The highest BCUT2D eigenvalue weighted by atomic mass is 16.5. The van der Waals surface area contributed by atoms with E-state index in [1.807, 2.05) is 0 Å². The number of carbonyl (C=O) groups excluding carboxylic acids is 2. The minimum atomic E-state index is -0.782. The second-order valence-corrected chi connectivity index (χ2v) is 6.74. The number of likely N-dealkylation sites (tertiary alicyclic amines) is 2. The summed E-state index contributed by atoms with van der Waals surface area (Å²) < 4.78 is 9.76. The number of aryl methyl sites for hydroxylation is 1. The van der Waals surface area contributed by atoms with Gasteiger partial charge in [-0.15, -0.1) is 0 Å². The van der Waals surface area contributed by atoms with Crippen LogP contribution in [0.15, 0.2) is 32.1 Å². The summed E-state index contributed by atoms with van der Waals surface area (Å²) in [7, 11) is 0. The molecule has 2 atom stereocenters. The van der Waals surface area contributed by atoms with E-state index in [2.05, 4.69) is 5.16 Å². The first-order valence-electron chi connectivity index (χ1n) is 8.27. The van der Waals surface area contributed by atoms with Crippen LogP contribution in [-0.4, -0.2) is 57.6 Å². The van der Waals surface area contributed by atoms with Crippen molar-refractivity contribution in [2.75, 3.05) is 19.6 Å². The molecular weight excluding hydrogens is 342 g/mol. The Morgan fingerprint density at radius 1 is 1.23 bits per heavy atom. The maximum absolute atomic E-state index is 12.7. The van der Waals surface area contributed by atoms with Gasteiger partial charge in [-0.25, -0.2) is 4.79 Å². The van der Waals surface area contributed by atoms with Crippen molar-refractivity contribution in [2.45, 2.75) is 19.4 Å². The summed E-state index contributed by atoms with van der Waals surface area (Å²) in [6.07, 6.45) is 2.11. The van der Waals surface area contributed by atoms with Crippen LogP contribution in [-0.2, 0) is 0 Å². The van der Waals surface area contributed by atoms with E-state index in [0.717, 1.165) is 18.6 Å². The number of amides is 2. The van der Waals surface area contributed by atoms with Crippen molar-refractivity contribution in [1.29, 1.82) is 0 Å². The van der Waals surface area contributed by atoms with Crippen LogP contribution in [0.2, 0.25) is 0 Å². The standard InChI is InChI=1S/C17H17N3O6/c1-9-13(8-25-18-9)16(23)19-5-10-2-11(7-19)20(6-10)17(24)14-3-12(21)4-15(22)26-14/h3-4,8,10-11,21H,2,5-7H2,1H3.